The van der Waals surface area contributed by atoms with Crippen molar-refractivity contribution in [3.63, 3.8) is 0 Å². The molecule has 6 heteroatoms. The van der Waals surface area contributed by atoms with Crippen LogP contribution in [0.15, 0.2) is 0 Å². The van der Waals surface area contributed by atoms with Gasteiger partial charge in [0.1, 0.15) is 4.88 Å². The van der Waals surface area contributed by atoms with Gasteiger partial charge in [-0.2, -0.15) is 0 Å². The fraction of sp³-hybridized carbons (Fsp3) is 0.714. The number of thiazole rings is 1. The highest BCUT2D eigenvalue weighted by molar-refractivity contribution is 7.13. The molecule has 112 valence electrons. The molecule has 1 aliphatic rings. The van der Waals surface area contributed by atoms with Gasteiger partial charge in [0.05, 0.1) is 22.9 Å². The zero-order chi connectivity index (χ0) is 14.7. The summed E-state index contributed by atoms with van der Waals surface area (Å²) in [5.74, 6) is -0.0116. The van der Waals surface area contributed by atoms with Gasteiger partial charge < -0.3 is 10.1 Å². The number of morpholine rings is 1. The van der Waals surface area contributed by atoms with Gasteiger partial charge in [-0.3, -0.25) is 9.69 Å². The van der Waals surface area contributed by atoms with Crippen LogP contribution in [0.25, 0.3) is 0 Å². The minimum absolute atomic E-state index is 0.0116. The van der Waals surface area contributed by atoms with Crippen LogP contribution in [0.5, 0.6) is 0 Å². The van der Waals surface area contributed by atoms with Crippen LogP contribution in [0.4, 0.5) is 0 Å². The van der Waals surface area contributed by atoms with Gasteiger partial charge >= 0.3 is 0 Å². The van der Waals surface area contributed by atoms with Crippen molar-refractivity contribution >= 4 is 17.2 Å². The highest BCUT2D eigenvalue weighted by Gasteiger charge is 2.22. The molecule has 1 amide bonds. The second kappa shape index (κ2) is 6.65. The van der Waals surface area contributed by atoms with Gasteiger partial charge in [-0.05, 0) is 27.7 Å². The molecule has 2 atom stereocenters. The minimum atomic E-state index is -0.0116. The van der Waals surface area contributed by atoms with Crippen LogP contribution in [-0.2, 0) is 4.74 Å². The molecule has 0 aliphatic carbocycles. The van der Waals surface area contributed by atoms with Gasteiger partial charge in [0.25, 0.3) is 5.91 Å². The average Bonchev–Trinajstić information content (AvgIpc) is 2.67. The Kier molecular flexibility index (Phi) is 5.12. The summed E-state index contributed by atoms with van der Waals surface area (Å²) in [5, 5.41) is 3.91. The molecule has 5 nitrogen and oxygen atoms in total. The highest BCUT2D eigenvalue weighted by Crippen LogP contribution is 2.16. The number of nitrogens with zero attached hydrogens (tertiary/aromatic N) is 2. The number of ether oxygens (including phenoxy) is 1. The van der Waals surface area contributed by atoms with E-state index in [9.17, 15) is 4.79 Å². The normalized spacial score (nSPS) is 23.8. The molecule has 20 heavy (non-hydrogen) atoms. The Balaban J connectivity index is 1.78. The monoisotopic (exact) mass is 297 g/mol. The van der Waals surface area contributed by atoms with Crippen LogP contribution in [0.2, 0.25) is 0 Å². The number of hydrogen-bond acceptors (Lipinski definition) is 5. The van der Waals surface area contributed by atoms with E-state index in [0.29, 0.717) is 6.54 Å². The maximum Gasteiger partial charge on any atom is 0.263 e. The molecule has 2 heterocycles. The Labute approximate surface area is 124 Å². The third-order valence-corrected chi connectivity index (χ3v) is 4.39. The molecule has 2 unspecified atom stereocenters. The summed E-state index contributed by atoms with van der Waals surface area (Å²) in [7, 11) is 0. The maximum absolute atomic E-state index is 12.1. The second-order valence-corrected chi connectivity index (χ2v) is 6.62. The first-order chi connectivity index (χ1) is 9.45. The average molecular weight is 297 g/mol. The molecule has 1 N–H and O–H groups in total. The SMILES string of the molecule is Cc1nc(C)c(C(=O)NCCN2CC(C)OC(C)C2)s1. The summed E-state index contributed by atoms with van der Waals surface area (Å²) in [4.78, 5) is 19.4. The van der Waals surface area contributed by atoms with Crippen molar-refractivity contribution in [2.24, 2.45) is 0 Å². The van der Waals surface area contributed by atoms with E-state index < -0.39 is 0 Å². The molecule has 0 aromatic carbocycles. The molecule has 1 aromatic rings. The van der Waals surface area contributed by atoms with Crippen LogP contribution in [-0.4, -0.2) is 54.2 Å². The molecule has 0 bridgehead atoms. The fourth-order valence-electron chi connectivity index (χ4n) is 2.62. The lowest BCUT2D eigenvalue weighted by molar-refractivity contribution is -0.0672. The van der Waals surface area contributed by atoms with Crippen molar-refractivity contribution in [1.82, 2.24) is 15.2 Å². The fourth-order valence-corrected chi connectivity index (χ4v) is 3.45. The van der Waals surface area contributed by atoms with Gasteiger partial charge in [-0.15, -0.1) is 11.3 Å². The smallest absolute Gasteiger partial charge is 0.263 e. The second-order valence-electron chi connectivity index (χ2n) is 5.42. The summed E-state index contributed by atoms with van der Waals surface area (Å²) in [6.07, 6.45) is 0.529. The highest BCUT2D eigenvalue weighted by atomic mass is 32.1. The number of aryl methyl sites for hydroxylation is 2. The predicted molar refractivity (Wildman–Crippen MR) is 80.4 cm³/mol. The van der Waals surface area contributed by atoms with Crippen molar-refractivity contribution in [3.05, 3.63) is 15.6 Å². The first-order valence-corrected chi connectivity index (χ1v) is 7.87. The largest absolute Gasteiger partial charge is 0.373 e. The zero-order valence-corrected chi connectivity index (χ0v) is 13.4. The van der Waals surface area contributed by atoms with Gasteiger partial charge in [0.2, 0.25) is 0 Å². The van der Waals surface area contributed by atoms with E-state index in [4.69, 9.17) is 4.74 Å². The number of aromatic nitrogens is 1. The number of rotatable bonds is 4. The molecular weight excluding hydrogens is 274 g/mol. The Hall–Kier alpha value is -0.980. The Bertz CT molecular complexity index is 465. The van der Waals surface area contributed by atoms with Gasteiger partial charge in [-0.1, -0.05) is 0 Å². The van der Waals surface area contributed by atoms with E-state index in [1.165, 1.54) is 11.3 Å². The molecule has 0 radical (unpaired) electrons. The molecule has 2 rings (SSSR count). The van der Waals surface area contributed by atoms with E-state index in [1.807, 2.05) is 13.8 Å². The van der Waals surface area contributed by atoms with Gasteiger partial charge in [0, 0.05) is 26.2 Å². The molecule has 1 aromatic heterocycles. The van der Waals surface area contributed by atoms with Crippen molar-refractivity contribution in [2.75, 3.05) is 26.2 Å². The zero-order valence-electron chi connectivity index (χ0n) is 12.6. The standard InChI is InChI=1S/C14H23N3O2S/c1-9-7-17(8-10(2)19-9)6-5-15-14(18)13-11(3)16-12(4)20-13/h9-10H,5-8H2,1-4H3,(H,15,18). The summed E-state index contributed by atoms with van der Waals surface area (Å²) in [5.41, 5.74) is 0.818. The third kappa shape index (κ3) is 4.01. The molecule has 1 saturated heterocycles. The molecule has 0 saturated carbocycles. The number of hydrogen-bond donors (Lipinski definition) is 1. The van der Waals surface area contributed by atoms with Crippen LogP contribution >= 0.6 is 11.3 Å². The number of carbonyl (C=O) groups is 1. The van der Waals surface area contributed by atoms with Crippen molar-refractivity contribution in [3.8, 4) is 0 Å². The first kappa shape index (κ1) is 15.4. The molecule has 1 aliphatic heterocycles. The first-order valence-electron chi connectivity index (χ1n) is 7.05. The Morgan fingerprint density at radius 1 is 1.40 bits per heavy atom. The van der Waals surface area contributed by atoms with Crippen molar-refractivity contribution < 1.29 is 9.53 Å². The van der Waals surface area contributed by atoms with Gasteiger partial charge in [0.15, 0.2) is 0 Å². The van der Waals surface area contributed by atoms with E-state index in [1.54, 1.807) is 0 Å². The predicted octanol–water partition coefficient (Wildman–Crippen LogP) is 1.60. The Morgan fingerprint density at radius 2 is 2.05 bits per heavy atom. The van der Waals surface area contributed by atoms with Crippen molar-refractivity contribution in [2.45, 2.75) is 39.9 Å². The van der Waals surface area contributed by atoms with Crippen LogP contribution < -0.4 is 5.32 Å². The maximum atomic E-state index is 12.1. The molecule has 1 fully saturated rings. The summed E-state index contributed by atoms with van der Waals surface area (Å²) >= 11 is 1.45. The molecular formula is C14H23N3O2S. The third-order valence-electron chi connectivity index (χ3n) is 3.32. The number of amides is 1. The van der Waals surface area contributed by atoms with Crippen molar-refractivity contribution in [1.29, 1.82) is 0 Å². The lowest BCUT2D eigenvalue weighted by Crippen LogP contribution is -2.47. The Morgan fingerprint density at radius 3 is 2.60 bits per heavy atom. The summed E-state index contributed by atoms with van der Waals surface area (Å²) in [6, 6.07) is 0. The number of carbonyl (C=O) groups excluding carboxylic acids is 1. The van der Waals surface area contributed by atoms with Crippen LogP contribution in [0.3, 0.4) is 0 Å². The summed E-state index contributed by atoms with van der Waals surface area (Å²) in [6.45, 7) is 11.4. The van der Waals surface area contributed by atoms with Gasteiger partial charge in [-0.25, -0.2) is 4.98 Å². The minimum Gasteiger partial charge on any atom is -0.373 e. The van der Waals surface area contributed by atoms with E-state index in [-0.39, 0.29) is 18.1 Å². The lowest BCUT2D eigenvalue weighted by atomic mass is 10.2. The number of nitrogens with one attached hydrogen (secondary N) is 1. The quantitative estimate of drug-likeness (QED) is 0.917. The lowest BCUT2D eigenvalue weighted by Gasteiger charge is -2.35. The summed E-state index contributed by atoms with van der Waals surface area (Å²) < 4.78 is 5.70. The van der Waals surface area contributed by atoms with E-state index >= 15 is 0 Å². The van der Waals surface area contributed by atoms with Crippen LogP contribution in [0, 0.1) is 13.8 Å². The van der Waals surface area contributed by atoms with Crippen LogP contribution in [0.1, 0.15) is 34.2 Å². The van der Waals surface area contributed by atoms with E-state index in [2.05, 4.69) is 29.0 Å². The topological polar surface area (TPSA) is 54.5 Å². The van der Waals surface area contributed by atoms with E-state index in [0.717, 1.165) is 35.2 Å². The molecule has 0 spiro atoms.